The van der Waals surface area contributed by atoms with Crippen LogP contribution in [-0.4, -0.2) is 58.6 Å². The topological polar surface area (TPSA) is 70.2 Å². The van der Waals surface area contributed by atoms with Crippen LogP contribution in [0.1, 0.15) is 6.92 Å². The van der Waals surface area contributed by atoms with Crippen LogP contribution in [0.3, 0.4) is 0 Å². The first-order chi connectivity index (χ1) is 17.3. The van der Waals surface area contributed by atoms with Gasteiger partial charge in [-0.3, -0.25) is 9.10 Å². The van der Waals surface area contributed by atoms with E-state index in [0.29, 0.717) is 38.5 Å². The van der Waals surface area contributed by atoms with Gasteiger partial charge in [0.2, 0.25) is 5.91 Å². The van der Waals surface area contributed by atoms with Gasteiger partial charge in [0.1, 0.15) is 23.9 Å². The van der Waals surface area contributed by atoms with E-state index >= 15 is 0 Å². The third-order valence-corrected chi connectivity index (χ3v) is 7.73. The molecule has 1 heterocycles. The molecule has 3 aromatic rings. The number of anilines is 2. The zero-order chi connectivity index (χ0) is 25.7. The fourth-order valence-corrected chi connectivity index (χ4v) is 5.43. The van der Waals surface area contributed by atoms with Gasteiger partial charge in [-0.25, -0.2) is 17.2 Å². The van der Waals surface area contributed by atoms with Crippen molar-refractivity contribution in [2.24, 2.45) is 0 Å². The number of rotatable bonds is 8. The van der Waals surface area contributed by atoms with Crippen molar-refractivity contribution in [2.75, 3.05) is 48.5 Å². The molecule has 0 aliphatic carbocycles. The number of amides is 1. The summed E-state index contributed by atoms with van der Waals surface area (Å²) in [4.78, 5) is 16.8. The minimum Gasteiger partial charge on any atom is -0.494 e. The lowest BCUT2D eigenvalue weighted by Gasteiger charge is -2.37. The van der Waals surface area contributed by atoms with Gasteiger partial charge in [-0.1, -0.05) is 0 Å². The van der Waals surface area contributed by atoms with E-state index in [4.69, 9.17) is 4.74 Å². The lowest BCUT2D eigenvalue weighted by Crippen LogP contribution is -2.52. The van der Waals surface area contributed by atoms with Gasteiger partial charge in [-0.15, -0.1) is 0 Å². The van der Waals surface area contributed by atoms with E-state index in [1.165, 1.54) is 36.4 Å². The largest absolute Gasteiger partial charge is 0.494 e. The summed E-state index contributed by atoms with van der Waals surface area (Å²) in [6.45, 7) is 3.66. The zero-order valence-electron chi connectivity index (χ0n) is 19.8. The van der Waals surface area contributed by atoms with E-state index in [1.807, 2.05) is 11.8 Å². The molecule has 1 aliphatic rings. The van der Waals surface area contributed by atoms with Crippen LogP contribution in [0.5, 0.6) is 5.75 Å². The van der Waals surface area contributed by atoms with Crippen LogP contribution in [0.25, 0.3) is 0 Å². The summed E-state index contributed by atoms with van der Waals surface area (Å²) in [6.07, 6.45) is 0. The summed E-state index contributed by atoms with van der Waals surface area (Å²) >= 11 is 0. The first-order valence-electron chi connectivity index (χ1n) is 11.6. The van der Waals surface area contributed by atoms with E-state index in [2.05, 4.69) is 0 Å². The van der Waals surface area contributed by atoms with Crippen molar-refractivity contribution in [3.8, 4) is 5.75 Å². The number of sulfonamides is 1. The van der Waals surface area contributed by atoms with E-state index in [9.17, 15) is 22.0 Å². The molecule has 190 valence electrons. The molecule has 0 N–H and O–H groups in total. The zero-order valence-corrected chi connectivity index (χ0v) is 20.6. The molecule has 3 aromatic carbocycles. The molecule has 1 amide bonds. The second kappa shape index (κ2) is 10.9. The second-order valence-electron chi connectivity index (χ2n) is 8.24. The predicted molar refractivity (Wildman–Crippen MR) is 134 cm³/mol. The van der Waals surface area contributed by atoms with E-state index in [-0.39, 0.29) is 22.3 Å². The van der Waals surface area contributed by atoms with Gasteiger partial charge in [0.05, 0.1) is 17.2 Å². The molecule has 1 fully saturated rings. The van der Waals surface area contributed by atoms with Gasteiger partial charge in [0, 0.05) is 31.9 Å². The molecule has 0 bridgehead atoms. The third kappa shape index (κ3) is 5.76. The molecule has 0 atom stereocenters. The Morgan fingerprint density at radius 2 is 1.42 bits per heavy atom. The first-order valence-corrected chi connectivity index (χ1v) is 13.0. The van der Waals surface area contributed by atoms with Crippen molar-refractivity contribution < 1.29 is 26.7 Å². The van der Waals surface area contributed by atoms with Gasteiger partial charge < -0.3 is 14.5 Å². The average molecular weight is 516 g/mol. The monoisotopic (exact) mass is 515 g/mol. The Morgan fingerprint density at radius 1 is 0.861 bits per heavy atom. The predicted octanol–water partition coefficient (Wildman–Crippen LogP) is 3.91. The summed E-state index contributed by atoms with van der Waals surface area (Å²) < 4.78 is 60.3. The summed E-state index contributed by atoms with van der Waals surface area (Å²) in [5.41, 5.74) is 1.04. The molecule has 7 nitrogen and oxygen atoms in total. The number of carbonyl (C=O) groups excluding carboxylic acids is 1. The molecule has 36 heavy (non-hydrogen) atoms. The Morgan fingerprint density at radius 3 is 1.97 bits per heavy atom. The first kappa shape index (κ1) is 25.4. The summed E-state index contributed by atoms with van der Waals surface area (Å²) in [6, 6.07) is 17.1. The highest BCUT2D eigenvalue weighted by Crippen LogP contribution is 2.26. The smallest absolute Gasteiger partial charge is 0.264 e. The minimum atomic E-state index is -4.13. The van der Waals surface area contributed by atoms with Crippen molar-refractivity contribution in [2.45, 2.75) is 11.8 Å². The van der Waals surface area contributed by atoms with E-state index < -0.39 is 22.4 Å². The fourth-order valence-electron chi connectivity index (χ4n) is 4.01. The van der Waals surface area contributed by atoms with E-state index in [0.717, 1.165) is 22.1 Å². The molecule has 0 unspecified atom stereocenters. The van der Waals surface area contributed by atoms with Crippen LogP contribution in [0.2, 0.25) is 0 Å². The molecule has 10 heteroatoms. The Labute approximate surface area is 209 Å². The molecule has 1 aliphatic heterocycles. The molecule has 0 saturated carbocycles. The highest BCUT2D eigenvalue weighted by Gasteiger charge is 2.30. The SMILES string of the molecule is CCOc1ccc(S(=O)(=O)N(CC(=O)N2CCN(c3ccc(F)cc3)CC2)c2ccc(F)cc2)cc1. The molecular weight excluding hydrogens is 488 g/mol. The van der Waals surface area contributed by atoms with Crippen LogP contribution in [-0.2, 0) is 14.8 Å². The van der Waals surface area contributed by atoms with Gasteiger partial charge in [-0.05, 0) is 79.7 Å². The lowest BCUT2D eigenvalue weighted by atomic mass is 10.2. The maximum absolute atomic E-state index is 13.6. The molecule has 4 rings (SSSR count). The maximum Gasteiger partial charge on any atom is 0.264 e. The number of carbonyl (C=O) groups is 1. The number of nitrogens with zero attached hydrogens (tertiary/aromatic N) is 3. The van der Waals surface area contributed by atoms with Crippen molar-refractivity contribution in [3.05, 3.63) is 84.4 Å². The van der Waals surface area contributed by atoms with Gasteiger partial charge in [0.25, 0.3) is 10.0 Å². The number of halogens is 2. The normalized spacial score (nSPS) is 14.0. The minimum absolute atomic E-state index is 0.00999. The van der Waals surface area contributed by atoms with Crippen LogP contribution in [0.15, 0.2) is 77.7 Å². The highest BCUT2D eigenvalue weighted by atomic mass is 32.2. The average Bonchev–Trinajstić information content (AvgIpc) is 2.89. The van der Waals surface area contributed by atoms with Crippen LogP contribution < -0.4 is 13.9 Å². The molecular formula is C26H27F2N3O4S. The van der Waals surface area contributed by atoms with Crippen molar-refractivity contribution in [1.29, 1.82) is 0 Å². The van der Waals surface area contributed by atoms with Crippen LogP contribution in [0, 0.1) is 11.6 Å². The van der Waals surface area contributed by atoms with Crippen molar-refractivity contribution >= 4 is 27.3 Å². The molecule has 0 radical (unpaired) electrons. The lowest BCUT2D eigenvalue weighted by molar-refractivity contribution is -0.129. The second-order valence-corrected chi connectivity index (χ2v) is 10.1. The van der Waals surface area contributed by atoms with Crippen molar-refractivity contribution in [3.63, 3.8) is 0 Å². The maximum atomic E-state index is 13.6. The van der Waals surface area contributed by atoms with Gasteiger partial charge in [0.15, 0.2) is 0 Å². The van der Waals surface area contributed by atoms with Crippen LogP contribution in [0.4, 0.5) is 20.2 Å². The van der Waals surface area contributed by atoms with Gasteiger partial charge >= 0.3 is 0 Å². The highest BCUT2D eigenvalue weighted by molar-refractivity contribution is 7.92. The summed E-state index contributed by atoms with van der Waals surface area (Å²) in [5, 5.41) is 0. The molecule has 0 aromatic heterocycles. The van der Waals surface area contributed by atoms with Crippen molar-refractivity contribution in [1.82, 2.24) is 4.90 Å². The Bertz CT molecular complexity index is 1280. The number of benzene rings is 3. The van der Waals surface area contributed by atoms with Gasteiger partial charge in [-0.2, -0.15) is 0 Å². The Hall–Kier alpha value is -3.66. The quantitative estimate of drug-likeness (QED) is 0.455. The fraction of sp³-hybridized carbons (Fsp3) is 0.269. The number of ether oxygens (including phenoxy) is 1. The number of piperazine rings is 1. The molecule has 1 saturated heterocycles. The standard InChI is InChI=1S/C26H27F2N3O4S/c1-2-35-24-11-13-25(14-12-24)36(33,34)31(23-9-5-21(28)6-10-23)19-26(32)30-17-15-29(16-18-30)22-7-3-20(27)4-8-22/h3-14H,2,15-19H2,1H3. The summed E-state index contributed by atoms with van der Waals surface area (Å²) in [5.74, 6) is -0.671. The van der Waals surface area contributed by atoms with E-state index in [1.54, 1.807) is 29.2 Å². The number of hydrogen-bond acceptors (Lipinski definition) is 5. The summed E-state index contributed by atoms with van der Waals surface area (Å²) in [7, 11) is -4.13. The Balaban J connectivity index is 1.52. The third-order valence-electron chi connectivity index (χ3n) is 5.94. The number of hydrogen-bond donors (Lipinski definition) is 0. The van der Waals surface area contributed by atoms with Crippen LogP contribution >= 0.6 is 0 Å². The molecule has 0 spiro atoms. The Kier molecular flexibility index (Phi) is 7.73.